The Balaban J connectivity index is 1.96. The first-order valence-electron chi connectivity index (χ1n) is 9.75. The van der Waals surface area contributed by atoms with E-state index in [1.54, 1.807) is 7.11 Å². The van der Waals surface area contributed by atoms with Crippen LogP contribution in [0.1, 0.15) is 20.3 Å². The van der Waals surface area contributed by atoms with E-state index < -0.39 is 0 Å². The average molecular weight is 399 g/mol. The van der Waals surface area contributed by atoms with Crippen LogP contribution >= 0.6 is 11.6 Å². The Hall–Kier alpha value is -2.30. The Morgan fingerprint density at radius 2 is 1.79 bits per heavy atom. The third kappa shape index (κ3) is 4.94. The Morgan fingerprint density at radius 3 is 2.46 bits per heavy atom. The van der Waals surface area contributed by atoms with Gasteiger partial charge in [0.25, 0.3) is 0 Å². The summed E-state index contributed by atoms with van der Waals surface area (Å²) in [4.78, 5) is 7.28. The quantitative estimate of drug-likeness (QED) is 0.477. The van der Waals surface area contributed by atoms with Gasteiger partial charge < -0.3 is 14.1 Å². The third-order valence-electron chi connectivity index (χ3n) is 4.89. The molecule has 28 heavy (non-hydrogen) atoms. The Kier molecular flexibility index (Phi) is 7.12. The lowest BCUT2D eigenvalue weighted by atomic mass is 10.1. The molecule has 148 valence electrons. The van der Waals surface area contributed by atoms with Crippen molar-refractivity contribution in [2.24, 2.45) is 4.99 Å². The van der Waals surface area contributed by atoms with Crippen molar-refractivity contribution < 1.29 is 9.15 Å². The summed E-state index contributed by atoms with van der Waals surface area (Å²) >= 11 is 6.22. The molecule has 0 fully saturated rings. The molecule has 0 atom stereocenters. The predicted octanol–water partition coefficient (Wildman–Crippen LogP) is 5.39. The summed E-state index contributed by atoms with van der Waals surface area (Å²) in [6, 6.07) is 15.5. The molecule has 0 aliphatic rings. The molecular weight excluding hydrogens is 372 g/mol. The van der Waals surface area contributed by atoms with Gasteiger partial charge >= 0.3 is 0 Å². The summed E-state index contributed by atoms with van der Waals surface area (Å²) in [7, 11) is 1.66. The van der Waals surface area contributed by atoms with Gasteiger partial charge in [0.2, 0.25) is 0 Å². The average Bonchev–Trinajstić information content (AvgIpc) is 2.74. The van der Waals surface area contributed by atoms with Crippen LogP contribution in [0.4, 0.5) is 0 Å². The second-order valence-electron chi connectivity index (χ2n) is 6.63. The number of benzene rings is 2. The molecule has 1 heterocycles. The van der Waals surface area contributed by atoms with Crippen LogP contribution in [0.2, 0.25) is 5.02 Å². The molecule has 5 heteroatoms. The van der Waals surface area contributed by atoms with E-state index in [-0.39, 0.29) is 0 Å². The molecule has 1 aromatic heterocycles. The summed E-state index contributed by atoms with van der Waals surface area (Å²) in [5, 5.41) is 2.53. The molecule has 0 radical (unpaired) electrons. The van der Waals surface area contributed by atoms with E-state index in [1.165, 1.54) is 0 Å². The summed E-state index contributed by atoms with van der Waals surface area (Å²) < 4.78 is 11.4. The molecule has 3 aromatic rings. The number of ether oxygens (including phenoxy) is 1. The van der Waals surface area contributed by atoms with Crippen molar-refractivity contribution in [3.63, 3.8) is 0 Å². The Morgan fingerprint density at radius 1 is 1.04 bits per heavy atom. The minimum absolute atomic E-state index is 0.680. The maximum absolute atomic E-state index is 6.22. The number of halogens is 1. The zero-order valence-corrected chi connectivity index (χ0v) is 17.5. The van der Waals surface area contributed by atoms with Crippen molar-refractivity contribution >= 4 is 22.6 Å². The number of nitrogens with zero attached hydrogens (tertiary/aromatic N) is 2. The van der Waals surface area contributed by atoms with Crippen molar-refractivity contribution in [3.05, 3.63) is 58.9 Å². The maximum Gasteiger partial charge on any atom is 0.136 e. The van der Waals surface area contributed by atoms with Gasteiger partial charge in [-0.05, 0) is 68.5 Å². The fraction of sp³-hybridized carbons (Fsp3) is 0.348. The van der Waals surface area contributed by atoms with Crippen molar-refractivity contribution in [2.75, 3.05) is 33.3 Å². The molecule has 0 N–H and O–H groups in total. The lowest BCUT2D eigenvalue weighted by molar-refractivity contribution is 0.301. The van der Waals surface area contributed by atoms with Crippen molar-refractivity contribution in [1.82, 2.24) is 4.90 Å². The highest BCUT2D eigenvalue weighted by Gasteiger charge is 2.07. The molecule has 0 unspecified atom stereocenters. The number of rotatable bonds is 8. The number of methoxy groups -OCH3 is 1. The van der Waals surface area contributed by atoms with Crippen LogP contribution in [0.5, 0.6) is 5.75 Å². The van der Waals surface area contributed by atoms with Gasteiger partial charge in [-0.1, -0.05) is 25.4 Å². The lowest BCUT2D eigenvalue weighted by Gasteiger charge is -2.16. The highest BCUT2D eigenvalue weighted by atomic mass is 35.5. The molecule has 0 aliphatic carbocycles. The smallest absolute Gasteiger partial charge is 0.136 e. The summed E-state index contributed by atoms with van der Waals surface area (Å²) in [6.07, 6.45) is 1.02. The zero-order valence-electron chi connectivity index (χ0n) is 16.7. The molecule has 4 nitrogen and oxygen atoms in total. The molecule has 0 aliphatic heterocycles. The SMILES string of the molecule is CCN(CC)CCCN=c1cc(-c2ccc(OC)cc2)oc2ccc(Cl)cc12. The van der Waals surface area contributed by atoms with Crippen LogP contribution in [-0.4, -0.2) is 38.2 Å². The van der Waals surface area contributed by atoms with Crippen LogP contribution < -0.4 is 10.1 Å². The second-order valence-corrected chi connectivity index (χ2v) is 7.06. The summed E-state index contributed by atoms with van der Waals surface area (Å²) in [5.41, 5.74) is 1.76. The van der Waals surface area contributed by atoms with Crippen LogP contribution in [-0.2, 0) is 0 Å². The standard InChI is InChI=1S/C23H27ClN2O2/c1-4-26(5-2)14-6-13-25-21-16-23(17-7-10-19(27-3)11-8-17)28-22-12-9-18(24)15-20(21)22/h7-12,15-16H,4-6,13-14H2,1-3H3. The zero-order chi connectivity index (χ0) is 19.9. The summed E-state index contributed by atoms with van der Waals surface area (Å²) in [6.45, 7) is 8.34. The fourth-order valence-corrected chi connectivity index (χ4v) is 3.38. The molecule has 0 bridgehead atoms. The van der Waals surface area contributed by atoms with Gasteiger partial charge in [0.15, 0.2) is 0 Å². The Labute approximate surface area is 171 Å². The van der Waals surface area contributed by atoms with Crippen LogP contribution in [0.15, 0.2) is 57.9 Å². The molecule has 0 saturated carbocycles. The Bertz CT molecular complexity index is 976. The first-order valence-corrected chi connectivity index (χ1v) is 10.1. The molecule has 3 rings (SSSR count). The molecule has 0 amide bonds. The normalized spacial score (nSPS) is 12.1. The van der Waals surface area contributed by atoms with Gasteiger partial charge in [-0.3, -0.25) is 4.99 Å². The van der Waals surface area contributed by atoms with Gasteiger partial charge in [0.1, 0.15) is 17.1 Å². The van der Waals surface area contributed by atoms with E-state index in [0.717, 1.165) is 66.0 Å². The number of fused-ring (bicyclic) bond motifs is 1. The fourth-order valence-electron chi connectivity index (χ4n) is 3.20. The largest absolute Gasteiger partial charge is 0.497 e. The molecular formula is C23H27ClN2O2. The van der Waals surface area contributed by atoms with Gasteiger partial charge in [-0.25, -0.2) is 0 Å². The first-order chi connectivity index (χ1) is 13.6. The van der Waals surface area contributed by atoms with Gasteiger partial charge in [-0.2, -0.15) is 0 Å². The third-order valence-corrected chi connectivity index (χ3v) is 5.12. The highest BCUT2D eigenvalue weighted by molar-refractivity contribution is 6.31. The molecule has 0 saturated heterocycles. The monoisotopic (exact) mass is 398 g/mol. The van der Waals surface area contributed by atoms with Crippen LogP contribution in [0.3, 0.4) is 0 Å². The van der Waals surface area contributed by atoms with E-state index in [2.05, 4.69) is 18.7 Å². The van der Waals surface area contributed by atoms with Gasteiger partial charge in [0, 0.05) is 28.6 Å². The first kappa shape index (κ1) is 20.4. The van der Waals surface area contributed by atoms with Crippen molar-refractivity contribution in [3.8, 4) is 17.1 Å². The second kappa shape index (κ2) is 9.76. The van der Waals surface area contributed by atoms with Crippen molar-refractivity contribution in [2.45, 2.75) is 20.3 Å². The van der Waals surface area contributed by atoms with E-state index in [4.69, 9.17) is 25.7 Å². The van der Waals surface area contributed by atoms with Crippen LogP contribution in [0, 0.1) is 0 Å². The minimum atomic E-state index is 0.680. The topological polar surface area (TPSA) is 38.0 Å². The highest BCUT2D eigenvalue weighted by Crippen LogP contribution is 2.25. The minimum Gasteiger partial charge on any atom is -0.497 e. The van der Waals surface area contributed by atoms with Gasteiger partial charge in [0.05, 0.1) is 12.5 Å². The predicted molar refractivity (Wildman–Crippen MR) is 116 cm³/mol. The van der Waals surface area contributed by atoms with Crippen molar-refractivity contribution in [1.29, 1.82) is 0 Å². The maximum atomic E-state index is 6.22. The van der Waals surface area contributed by atoms with E-state index in [1.807, 2.05) is 48.5 Å². The number of hydrogen-bond donors (Lipinski definition) is 0. The number of hydrogen-bond acceptors (Lipinski definition) is 4. The molecule has 2 aromatic carbocycles. The van der Waals surface area contributed by atoms with Gasteiger partial charge in [-0.15, -0.1) is 0 Å². The molecule has 0 spiro atoms. The van der Waals surface area contributed by atoms with E-state index in [0.29, 0.717) is 5.02 Å². The van der Waals surface area contributed by atoms with Crippen LogP contribution in [0.25, 0.3) is 22.3 Å². The lowest BCUT2D eigenvalue weighted by Crippen LogP contribution is -2.24. The summed E-state index contributed by atoms with van der Waals surface area (Å²) in [5.74, 6) is 1.60. The van der Waals surface area contributed by atoms with E-state index in [9.17, 15) is 0 Å². The van der Waals surface area contributed by atoms with E-state index >= 15 is 0 Å².